The summed E-state index contributed by atoms with van der Waals surface area (Å²) in [5, 5.41) is 6.94. The van der Waals surface area contributed by atoms with E-state index in [9.17, 15) is 0 Å². The second kappa shape index (κ2) is 15.1. The highest BCUT2D eigenvalue weighted by atomic mass is 15.2. The van der Waals surface area contributed by atoms with E-state index in [0.717, 1.165) is 77.5 Å². The normalized spacial score (nSPS) is 11.8. The van der Waals surface area contributed by atoms with Gasteiger partial charge in [-0.3, -0.25) is 4.57 Å². The molecule has 0 aliphatic rings. The van der Waals surface area contributed by atoms with Gasteiger partial charge in [-0.15, -0.1) is 0 Å². The largest absolute Gasteiger partial charge is 0.316 e. The van der Waals surface area contributed by atoms with Crippen molar-refractivity contribution in [2.45, 2.75) is 0 Å². The van der Waals surface area contributed by atoms with Gasteiger partial charge in [-0.25, -0.2) is 4.98 Å². The fourth-order valence-corrected chi connectivity index (χ4v) is 10.4. The Balaban J connectivity index is 1.02. The smallest absolute Gasteiger partial charge is 0.238 e. The number of benzene rings is 9. The Kier molecular flexibility index (Phi) is 8.45. The van der Waals surface area contributed by atoms with E-state index < -0.39 is 0 Å². The third-order valence-corrected chi connectivity index (χ3v) is 13.5. The van der Waals surface area contributed by atoms with E-state index in [-0.39, 0.29) is 0 Å². The molecular weight excluding hydrogens is 831 g/mol. The highest BCUT2D eigenvalue weighted by molar-refractivity contribution is 6.20. The van der Waals surface area contributed by atoms with E-state index in [2.05, 4.69) is 219 Å². The van der Waals surface area contributed by atoms with Crippen molar-refractivity contribution < 1.29 is 0 Å². The van der Waals surface area contributed by atoms with Crippen LogP contribution in [0.3, 0.4) is 0 Å². The lowest BCUT2D eigenvalue weighted by Crippen LogP contribution is -2.06. The lowest BCUT2D eigenvalue weighted by Gasteiger charge is -2.12. The molecule has 5 heterocycles. The van der Waals surface area contributed by atoms with Crippen LogP contribution in [0.2, 0.25) is 0 Å². The van der Waals surface area contributed by atoms with Crippen LogP contribution in [0.5, 0.6) is 0 Å². The molecule has 0 bridgehead atoms. The van der Waals surface area contributed by atoms with Crippen LogP contribution in [0.25, 0.3) is 122 Å². The molecule has 14 rings (SSSR count). The second-order valence-corrected chi connectivity index (χ2v) is 17.3. The third-order valence-electron chi connectivity index (χ3n) is 13.5. The summed E-state index contributed by atoms with van der Waals surface area (Å²) < 4.78 is 9.26. The summed E-state index contributed by atoms with van der Waals surface area (Å²) in [6.45, 7) is 0. The van der Waals surface area contributed by atoms with Gasteiger partial charge in [-0.1, -0.05) is 146 Å². The van der Waals surface area contributed by atoms with Crippen molar-refractivity contribution in [3.8, 4) is 56.9 Å². The Morgan fingerprint density at radius 2 is 0.765 bits per heavy atom. The van der Waals surface area contributed by atoms with Crippen LogP contribution in [0.15, 0.2) is 237 Å². The molecular formula is C61H39N7. The zero-order chi connectivity index (χ0) is 44.7. The van der Waals surface area contributed by atoms with Gasteiger partial charge >= 0.3 is 0 Å². The maximum absolute atomic E-state index is 5.29. The quantitative estimate of drug-likeness (QED) is 0.160. The second-order valence-electron chi connectivity index (χ2n) is 17.3. The highest BCUT2D eigenvalue weighted by Gasteiger charge is 2.23. The van der Waals surface area contributed by atoms with Crippen molar-refractivity contribution in [1.82, 2.24) is 33.2 Å². The molecule has 0 saturated heterocycles. The average Bonchev–Trinajstić information content (AvgIpc) is 4.20. The first-order valence-corrected chi connectivity index (χ1v) is 22.9. The van der Waals surface area contributed by atoms with E-state index in [4.69, 9.17) is 15.0 Å². The van der Waals surface area contributed by atoms with Gasteiger partial charge < -0.3 is 13.7 Å². The summed E-state index contributed by atoms with van der Waals surface area (Å²) in [6.07, 6.45) is 4.35. The summed E-state index contributed by atoms with van der Waals surface area (Å²) in [6, 6.07) is 79.5. The molecule has 0 aliphatic heterocycles. The Morgan fingerprint density at radius 3 is 1.37 bits per heavy atom. The van der Waals surface area contributed by atoms with Crippen molar-refractivity contribution in [2.24, 2.45) is 0 Å². The molecule has 5 aromatic heterocycles. The van der Waals surface area contributed by atoms with Crippen molar-refractivity contribution in [2.75, 3.05) is 0 Å². The van der Waals surface area contributed by atoms with Crippen LogP contribution >= 0.6 is 0 Å². The number of hydrogen-bond acceptors (Lipinski definition) is 3. The van der Waals surface area contributed by atoms with Crippen molar-refractivity contribution in [3.05, 3.63) is 237 Å². The van der Waals surface area contributed by atoms with E-state index in [1.165, 1.54) is 27.2 Å². The molecule has 0 aliphatic carbocycles. The Morgan fingerprint density at radius 1 is 0.279 bits per heavy atom. The highest BCUT2D eigenvalue weighted by Crippen LogP contribution is 2.42. The SMILES string of the molecule is c1ccc(-c2nc(-c3ccccc3)nc(-n3c4ccc(-c5ccc6c(c5)c5ccc7ccn(-c8ccccc8)c7c5n6-c5ccccc5)cc4c4ccc5c(ccn5-c5ccccc5)c43)n2)cc1. The van der Waals surface area contributed by atoms with Gasteiger partial charge in [0.2, 0.25) is 5.95 Å². The number of para-hydroxylation sites is 3. The van der Waals surface area contributed by atoms with Crippen LogP contribution in [0.1, 0.15) is 0 Å². The van der Waals surface area contributed by atoms with Crippen LogP contribution in [-0.4, -0.2) is 33.2 Å². The lowest BCUT2D eigenvalue weighted by atomic mass is 10.00. The fourth-order valence-electron chi connectivity index (χ4n) is 10.4. The van der Waals surface area contributed by atoms with E-state index in [0.29, 0.717) is 17.6 Å². The Bertz CT molecular complexity index is 4170. The number of fused-ring (bicyclic) bond motifs is 10. The fraction of sp³-hybridized carbons (Fsp3) is 0. The molecule has 0 saturated carbocycles. The zero-order valence-corrected chi connectivity index (χ0v) is 36.6. The van der Waals surface area contributed by atoms with Crippen LogP contribution in [0, 0.1) is 0 Å². The number of rotatable bonds is 7. The Hall–Kier alpha value is -9.33. The first kappa shape index (κ1) is 38.0. The van der Waals surface area contributed by atoms with Gasteiger partial charge in [0.25, 0.3) is 0 Å². The molecule has 0 spiro atoms. The molecule has 318 valence electrons. The minimum Gasteiger partial charge on any atom is -0.316 e. The summed E-state index contributed by atoms with van der Waals surface area (Å²) in [5.41, 5.74) is 14.1. The summed E-state index contributed by atoms with van der Waals surface area (Å²) in [7, 11) is 0. The molecule has 0 fully saturated rings. The Labute approximate surface area is 390 Å². The average molecular weight is 870 g/mol. The van der Waals surface area contributed by atoms with Crippen molar-refractivity contribution >= 4 is 65.4 Å². The van der Waals surface area contributed by atoms with Crippen LogP contribution in [0.4, 0.5) is 0 Å². The van der Waals surface area contributed by atoms with Gasteiger partial charge in [0.05, 0.1) is 33.1 Å². The first-order chi connectivity index (χ1) is 33.7. The molecule has 0 atom stereocenters. The summed E-state index contributed by atoms with van der Waals surface area (Å²) in [5.74, 6) is 1.80. The van der Waals surface area contributed by atoms with E-state index in [1.807, 2.05) is 36.4 Å². The maximum Gasteiger partial charge on any atom is 0.238 e. The molecule has 7 heteroatoms. The van der Waals surface area contributed by atoms with Gasteiger partial charge in [0, 0.05) is 72.9 Å². The number of hydrogen-bond donors (Lipinski definition) is 0. The molecule has 0 unspecified atom stereocenters. The first-order valence-electron chi connectivity index (χ1n) is 22.9. The summed E-state index contributed by atoms with van der Waals surface area (Å²) in [4.78, 5) is 15.6. The van der Waals surface area contributed by atoms with Gasteiger partial charge in [-0.2, -0.15) is 9.97 Å². The number of aromatic nitrogens is 7. The minimum absolute atomic E-state index is 0.562. The van der Waals surface area contributed by atoms with E-state index >= 15 is 0 Å². The molecule has 0 N–H and O–H groups in total. The van der Waals surface area contributed by atoms with Gasteiger partial charge in [0.1, 0.15) is 0 Å². The maximum atomic E-state index is 5.29. The van der Waals surface area contributed by atoms with Crippen LogP contribution in [-0.2, 0) is 0 Å². The third kappa shape index (κ3) is 5.89. The standard InChI is InChI=1S/C61H39N7/c1-6-16-41(17-7-1)59-62-60(42-18-8-2-9-19-42)64-61(63-59)68-55-32-28-44(38-51(55)48-30-33-53-50(57(48)68)35-37-65(53)45-20-10-3-11-21-45)43-27-31-54-52(39-43)49-29-26-40-34-36-66(46-22-12-4-13-23-46)56(40)58(49)67(54)47-24-14-5-15-25-47/h1-39H. The minimum atomic E-state index is 0.562. The summed E-state index contributed by atoms with van der Waals surface area (Å²) >= 11 is 0. The topological polar surface area (TPSA) is 58.4 Å². The molecule has 0 amide bonds. The predicted molar refractivity (Wildman–Crippen MR) is 278 cm³/mol. The predicted octanol–water partition coefficient (Wildman–Crippen LogP) is 15.0. The van der Waals surface area contributed by atoms with Gasteiger partial charge in [-0.05, 0) is 90.0 Å². The van der Waals surface area contributed by atoms with Crippen molar-refractivity contribution in [1.29, 1.82) is 0 Å². The molecule has 7 nitrogen and oxygen atoms in total. The molecule has 0 radical (unpaired) electrons. The molecule has 68 heavy (non-hydrogen) atoms. The molecule has 9 aromatic carbocycles. The number of nitrogens with zero attached hydrogens (tertiary/aromatic N) is 7. The zero-order valence-electron chi connectivity index (χ0n) is 36.6. The lowest BCUT2D eigenvalue weighted by molar-refractivity contribution is 0.955. The van der Waals surface area contributed by atoms with Crippen molar-refractivity contribution in [3.63, 3.8) is 0 Å². The van der Waals surface area contributed by atoms with E-state index in [1.54, 1.807) is 0 Å². The van der Waals surface area contributed by atoms with Gasteiger partial charge in [0.15, 0.2) is 11.6 Å². The molecule has 14 aromatic rings. The monoisotopic (exact) mass is 869 g/mol. The van der Waals surface area contributed by atoms with Crippen LogP contribution < -0.4 is 0 Å².